The SMILES string of the molecule is Cc1ccc(Cn2c(-c3ccccc3)n[nH]c2=S)s1. The van der Waals surface area contributed by atoms with E-state index in [2.05, 4.69) is 29.3 Å². The van der Waals surface area contributed by atoms with E-state index in [1.165, 1.54) is 9.75 Å². The van der Waals surface area contributed by atoms with Gasteiger partial charge in [0, 0.05) is 15.3 Å². The third-order valence-electron chi connectivity index (χ3n) is 2.90. The van der Waals surface area contributed by atoms with E-state index in [0.29, 0.717) is 4.77 Å². The zero-order valence-electron chi connectivity index (χ0n) is 10.5. The number of aryl methyl sites for hydroxylation is 1. The van der Waals surface area contributed by atoms with Crippen molar-refractivity contribution in [1.29, 1.82) is 0 Å². The number of rotatable bonds is 3. The molecule has 0 atom stereocenters. The Morgan fingerprint density at radius 3 is 2.68 bits per heavy atom. The zero-order chi connectivity index (χ0) is 13.2. The van der Waals surface area contributed by atoms with Gasteiger partial charge in [-0.25, -0.2) is 0 Å². The highest BCUT2D eigenvalue weighted by molar-refractivity contribution is 7.71. The van der Waals surface area contributed by atoms with E-state index in [1.807, 2.05) is 34.9 Å². The third-order valence-corrected chi connectivity index (χ3v) is 4.20. The highest BCUT2D eigenvalue weighted by Gasteiger charge is 2.09. The molecule has 0 aliphatic heterocycles. The molecule has 3 rings (SSSR count). The van der Waals surface area contributed by atoms with Crippen molar-refractivity contribution >= 4 is 23.6 Å². The monoisotopic (exact) mass is 287 g/mol. The van der Waals surface area contributed by atoms with Gasteiger partial charge >= 0.3 is 0 Å². The molecule has 0 amide bonds. The van der Waals surface area contributed by atoms with Crippen molar-refractivity contribution in [3.63, 3.8) is 0 Å². The van der Waals surface area contributed by atoms with Crippen molar-refractivity contribution < 1.29 is 0 Å². The zero-order valence-corrected chi connectivity index (χ0v) is 12.1. The first-order valence-corrected chi connectivity index (χ1v) is 7.22. The van der Waals surface area contributed by atoms with E-state index >= 15 is 0 Å². The average Bonchev–Trinajstić information content (AvgIpc) is 2.99. The summed E-state index contributed by atoms with van der Waals surface area (Å²) >= 11 is 7.12. The summed E-state index contributed by atoms with van der Waals surface area (Å²) in [6, 6.07) is 14.4. The van der Waals surface area contributed by atoms with Crippen molar-refractivity contribution in [3.8, 4) is 11.4 Å². The van der Waals surface area contributed by atoms with Gasteiger partial charge in [-0.2, -0.15) is 5.10 Å². The van der Waals surface area contributed by atoms with Crippen LogP contribution in [-0.2, 0) is 6.54 Å². The largest absolute Gasteiger partial charge is 0.295 e. The summed E-state index contributed by atoms with van der Waals surface area (Å²) < 4.78 is 2.69. The summed E-state index contributed by atoms with van der Waals surface area (Å²) in [6.07, 6.45) is 0. The van der Waals surface area contributed by atoms with Gasteiger partial charge < -0.3 is 0 Å². The predicted molar refractivity (Wildman–Crippen MR) is 81.0 cm³/mol. The summed E-state index contributed by atoms with van der Waals surface area (Å²) in [7, 11) is 0. The van der Waals surface area contributed by atoms with E-state index in [4.69, 9.17) is 12.2 Å². The van der Waals surface area contributed by atoms with E-state index in [1.54, 1.807) is 11.3 Å². The van der Waals surface area contributed by atoms with Gasteiger partial charge in [-0.15, -0.1) is 11.3 Å². The molecule has 2 aromatic heterocycles. The highest BCUT2D eigenvalue weighted by atomic mass is 32.1. The Morgan fingerprint density at radius 1 is 1.21 bits per heavy atom. The first kappa shape index (κ1) is 12.3. The van der Waals surface area contributed by atoms with Crippen LogP contribution in [0.5, 0.6) is 0 Å². The van der Waals surface area contributed by atoms with Crippen LogP contribution in [0.2, 0.25) is 0 Å². The Balaban J connectivity index is 2.02. The van der Waals surface area contributed by atoms with Crippen LogP contribution in [0.4, 0.5) is 0 Å². The molecule has 0 aliphatic carbocycles. The summed E-state index contributed by atoms with van der Waals surface area (Å²) in [4.78, 5) is 2.60. The van der Waals surface area contributed by atoms with E-state index in [9.17, 15) is 0 Å². The van der Waals surface area contributed by atoms with Gasteiger partial charge in [-0.1, -0.05) is 30.3 Å². The molecule has 1 aromatic carbocycles. The molecule has 5 heteroatoms. The molecular weight excluding hydrogens is 274 g/mol. The first-order chi connectivity index (χ1) is 9.24. The fourth-order valence-electron chi connectivity index (χ4n) is 2.00. The van der Waals surface area contributed by atoms with E-state index in [-0.39, 0.29) is 0 Å². The molecule has 0 bridgehead atoms. The van der Waals surface area contributed by atoms with Gasteiger partial charge in [-0.3, -0.25) is 9.67 Å². The molecule has 0 radical (unpaired) electrons. The van der Waals surface area contributed by atoms with Crippen LogP contribution < -0.4 is 0 Å². The Hall–Kier alpha value is -1.72. The number of aromatic amines is 1. The lowest BCUT2D eigenvalue weighted by Gasteiger charge is -2.05. The highest BCUT2D eigenvalue weighted by Crippen LogP contribution is 2.21. The molecule has 2 heterocycles. The first-order valence-electron chi connectivity index (χ1n) is 6.00. The number of hydrogen-bond acceptors (Lipinski definition) is 3. The van der Waals surface area contributed by atoms with Crippen molar-refractivity contribution in [2.24, 2.45) is 0 Å². The number of H-pyrrole nitrogens is 1. The van der Waals surface area contributed by atoms with E-state index in [0.717, 1.165) is 17.9 Å². The lowest BCUT2D eigenvalue weighted by molar-refractivity contribution is 0.802. The van der Waals surface area contributed by atoms with Crippen molar-refractivity contribution in [1.82, 2.24) is 14.8 Å². The van der Waals surface area contributed by atoms with Crippen molar-refractivity contribution in [3.05, 3.63) is 57.0 Å². The van der Waals surface area contributed by atoms with E-state index < -0.39 is 0 Å². The molecule has 1 N–H and O–H groups in total. The molecule has 0 unspecified atom stereocenters. The fourth-order valence-corrected chi connectivity index (χ4v) is 3.07. The van der Waals surface area contributed by atoms with Crippen molar-refractivity contribution in [2.75, 3.05) is 0 Å². The molecule has 0 saturated carbocycles. The van der Waals surface area contributed by atoms with Crippen LogP contribution in [0.3, 0.4) is 0 Å². The normalized spacial score (nSPS) is 10.8. The number of nitrogens with one attached hydrogen (secondary N) is 1. The number of aromatic nitrogens is 3. The fraction of sp³-hybridized carbons (Fsp3) is 0.143. The van der Waals surface area contributed by atoms with Gasteiger partial charge in [0.2, 0.25) is 0 Å². The summed E-state index contributed by atoms with van der Waals surface area (Å²) in [5.41, 5.74) is 1.07. The third kappa shape index (κ3) is 2.52. The lowest BCUT2D eigenvalue weighted by atomic mass is 10.2. The molecule has 3 nitrogen and oxygen atoms in total. The van der Waals surface area contributed by atoms with Crippen LogP contribution >= 0.6 is 23.6 Å². The molecule has 0 fully saturated rings. The Bertz CT molecular complexity index is 737. The smallest absolute Gasteiger partial charge is 0.195 e. The summed E-state index contributed by atoms with van der Waals surface area (Å²) in [5.74, 6) is 0.886. The van der Waals surface area contributed by atoms with Crippen LogP contribution in [0, 0.1) is 11.7 Å². The minimum atomic E-state index is 0.657. The quantitative estimate of drug-likeness (QED) is 0.738. The number of thiophene rings is 1. The second-order valence-corrected chi connectivity index (χ2v) is 6.08. The van der Waals surface area contributed by atoms with Gasteiger partial charge in [0.05, 0.1) is 6.54 Å². The second-order valence-electron chi connectivity index (χ2n) is 4.32. The lowest BCUT2D eigenvalue weighted by Crippen LogP contribution is -2.00. The van der Waals surface area contributed by atoms with Crippen molar-refractivity contribution in [2.45, 2.75) is 13.5 Å². The Morgan fingerprint density at radius 2 is 2.00 bits per heavy atom. The Kier molecular flexibility index (Phi) is 3.31. The molecule has 0 spiro atoms. The van der Waals surface area contributed by atoms with Gasteiger partial charge in [-0.05, 0) is 31.3 Å². The Labute approximate surface area is 120 Å². The average molecular weight is 287 g/mol. The summed E-state index contributed by atoms with van der Waals surface area (Å²) in [5, 5.41) is 7.22. The number of benzene rings is 1. The van der Waals surface area contributed by atoms with Gasteiger partial charge in [0.15, 0.2) is 10.6 Å². The minimum Gasteiger partial charge on any atom is -0.295 e. The van der Waals surface area contributed by atoms with Crippen LogP contribution in [0.25, 0.3) is 11.4 Å². The minimum absolute atomic E-state index is 0.657. The number of nitrogens with zero attached hydrogens (tertiary/aromatic N) is 2. The van der Waals surface area contributed by atoms with Crippen LogP contribution in [0.1, 0.15) is 9.75 Å². The van der Waals surface area contributed by atoms with Gasteiger partial charge in [0.1, 0.15) is 0 Å². The number of hydrogen-bond donors (Lipinski definition) is 1. The maximum absolute atomic E-state index is 5.33. The van der Waals surface area contributed by atoms with Gasteiger partial charge in [0.25, 0.3) is 0 Å². The van der Waals surface area contributed by atoms with Crippen LogP contribution in [-0.4, -0.2) is 14.8 Å². The molecule has 19 heavy (non-hydrogen) atoms. The predicted octanol–water partition coefficient (Wildman–Crippen LogP) is 4.03. The molecular formula is C14H13N3S2. The maximum Gasteiger partial charge on any atom is 0.195 e. The molecule has 0 saturated heterocycles. The summed E-state index contributed by atoms with van der Waals surface area (Å²) in [6.45, 7) is 2.87. The molecule has 3 aromatic rings. The van der Waals surface area contributed by atoms with Crippen LogP contribution in [0.15, 0.2) is 42.5 Å². The standard InChI is InChI=1S/C14H13N3S2/c1-10-7-8-12(19-10)9-17-13(15-16-14(17)18)11-5-3-2-4-6-11/h2-8H,9H2,1H3,(H,16,18). The molecule has 96 valence electrons. The topological polar surface area (TPSA) is 33.6 Å². The maximum atomic E-state index is 5.33. The second kappa shape index (κ2) is 5.11. The molecule has 0 aliphatic rings.